The molecule has 29 heavy (non-hydrogen) atoms. The number of hydrogen-bond donors (Lipinski definition) is 0. The Labute approximate surface area is 190 Å². The van der Waals surface area contributed by atoms with Crippen LogP contribution in [0.15, 0.2) is 107 Å². The summed E-state index contributed by atoms with van der Waals surface area (Å²) in [5.41, 5.74) is 3.34. The maximum Gasteiger partial charge on any atom is 0.123 e. The SMILES string of the molecule is C=Cc1ccc(SP(=S)(Sc2ccc(C=C)cc2)Sc2ccc(C=C)cc2)cc1. The first kappa shape index (κ1) is 22.3. The van der Waals surface area contributed by atoms with Crippen molar-refractivity contribution >= 4 is 67.8 Å². The zero-order valence-electron chi connectivity index (χ0n) is 15.9. The molecule has 0 unspecified atom stereocenters. The Morgan fingerprint density at radius 2 is 0.759 bits per heavy atom. The van der Waals surface area contributed by atoms with Crippen LogP contribution >= 0.6 is 37.8 Å². The normalized spacial score (nSPS) is 11.0. The third kappa shape index (κ3) is 6.53. The summed E-state index contributed by atoms with van der Waals surface area (Å²) in [4.78, 5) is 3.55. The van der Waals surface area contributed by atoms with Gasteiger partial charge in [-0.2, -0.15) is 0 Å². The van der Waals surface area contributed by atoms with Gasteiger partial charge in [-0.25, -0.2) is 0 Å². The van der Waals surface area contributed by atoms with E-state index < -0.39 is 3.64 Å². The molecule has 5 heteroatoms. The molecule has 0 N–H and O–H groups in total. The molecule has 0 saturated heterocycles. The van der Waals surface area contributed by atoms with Crippen molar-refractivity contribution in [1.29, 1.82) is 0 Å². The monoisotopic (exact) mass is 468 g/mol. The van der Waals surface area contributed by atoms with Crippen molar-refractivity contribution in [3.05, 3.63) is 109 Å². The van der Waals surface area contributed by atoms with Gasteiger partial charge < -0.3 is 0 Å². The quantitative estimate of drug-likeness (QED) is 0.287. The second-order valence-corrected chi connectivity index (χ2v) is 21.3. The first-order chi connectivity index (χ1) is 14.0. The summed E-state index contributed by atoms with van der Waals surface area (Å²) in [6.45, 7) is 11.5. The lowest BCUT2D eigenvalue weighted by Gasteiger charge is -2.20. The summed E-state index contributed by atoms with van der Waals surface area (Å²) in [5, 5.41) is 0. The highest BCUT2D eigenvalue weighted by atomic mass is 33.5. The van der Waals surface area contributed by atoms with Crippen molar-refractivity contribution in [3.8, 4) is 0 Å². The van der Waals surface area contributed by atoms with Gasteiger partial charge in [-0.15, -0.1) is 0 Å². The maximum absolute atomic E-state index is 6.27. The van der Waals surface area contributed by atoms with Crippen LogP contribution in [0.4, 0.5) is 0 Å². The first-order valence-electron chi connectivity index (χ1n) is 8.90. The Bertz CT molecular complexity index is 899. The van der Waals surface area contributed by atoms with E-state index in [0.29, 0.717) is 0 Å². The van der Waals surface area contributed by atoms with E-state index >= 15 is 0 Å². The van der Waals surface area contributed by atoms with Crippen molar-refractivity contribution in [1.82, 2.24) is 0 Å². The second-order valence-electron chi connectivity index (χ2n) is 6.04. The molecular weight excluding hydrogens is 448 g/mol. The summed E-state index contributed by atoms with van der Waals surface area (Å²) in [7, 11) is 0. The molecule has 3 rings (SSSR count). The lowest BCUT2D eigenvalue weighted by atomic mass is 10.2. The summed E-state index contributed by atoms with van der Waals surface area (Å²) >= 11 is 11.7. The number of benzene rings is 3. The maximum atomic E-state index is 6.27. The van der Waals surface area contributed by atoms with Crippen LogP contribution in [-0.2, 0) is 11.8 Å². The lowest BCUT2D eigenvalue weighted by molar-refractivity contribution is 1.46. The molecular formula is C24H21PS4. The Kier molecular flexibility index (Phi) is 8.11. The fourth-order valence-corrected chi connectivity index (χ4v) is 15.8. The number of rotatable bonds is 9. The van der Waals surface area contributed by atoms with Crippen LogP contribution in [0, 0.1) is 0 Å². The van der Waals surface area contributed by atoms with E-state index in [9.17, 15) is 0 Å². The topological polar surface area (TPSA) is 0 Å². The van der Waals surface area contributed by atoms with Gasteiger partial charge in [0, 0.05) is 14.7 Å². The third-order valence-corrected chi connectivity index (χ3v) is 16.1. The predicted molar refractivity (Wildman–Crippen MR) is 141 cm³/mol. The van der Waals surface area contributed by atoms with E-state index in [1.807, 2.05) is 18.2 Å². The fourth-order valence-electron chi connectivity index (χ4n) is 2.44. The predicted octanol–water partition coefficient (Wildman–Crippen LogP) is 9.52. The van der Waals surface area contributed by atoms with Crippen LogP contribution in [0.25, 0.3) is 18.2 Å². The molecule has 0 nitrogen and oxygen atoms in total. The van der Waals surface area contributed by atoms with Gasteiger partial charge in [-0.3, -0.25) is 0 Å². The minimum atomic E-state index is -1.95. The Morgan fingerprint density at radius 3 is 0.966 bits per heavy atom. The Hall–Kier alpha value is -1.42. The van der Waals surface area contributed by atoms with Crippen molar-refractivity contribution in [2.24, 2.45) is 0 Å². The molecule has 0 atom stereocenters. The van der Waals surface area contributed by atoms with Crippen molar-refractivity contribution in [3.63, 3.8) is 0 Å². The summed E-state index contributed by atoms with van der Waals surface area (Å²) in [6, 6.07) is 25.3. The molecule has 0 aliphatic heterocycles. The highest BCUT2D eigenvalue weighted by Gasteiger charge is 2.23. The van der Waals surface area contributed by atoms with E-state index in [-0.39, 0.29) is 0 Å². The molecule has 0 spiro atoms. The van der Waals surface area contributed by atoms with Gasteiger partial charge in [-0.1, -0.05) is 120 Å². The minimum absolute atomic E-state index is 1.11. The molecule has 0 fully saturated rings. The van der Waals surface area contributed by atoms with Crippen molar-refractivity contribution in [2.75, 3.05) is 0 Å². The van der Waals surface area contributed by atoms with E-state index in [1.54, 1.807) is 34.1 Å². The highest BCUT2D eigenvalue weighted by molar-refractivity contribution is 9.23. The standard InChI is InChI=1S/C24H21PS4/c1-4-19-7-13-22(14-8-19)27-25(26,28-23-15-9-20(5-2)10-16-23)29-24-17-11-21(6-3)12-18-24/h4-18H,1-3H2. The van der Waals surface area contributed by atoms with Crippen molar-refractivity contribution < 1.29 is 0 Å². The Morgan fingerprint density at radius 1 is 0.517 bits per heavy atom. The molecule has 0 heterocycles. The summed E-state index contributed by atoms with van der Waals surface area (Å²) in [5.74, 6) is 0. The number of hydrogen-bond acceptors (Lipinski definition) is 4. The van der Waals surface area contributed by atoms with Gasteiger partial charge in [-0.05, 0) is 53.1 Å². The van der Waals surface area contributed by atoms with E-state index in [4.69, 9.17) is 11.8 Å². The van der Waals surface area contributed by atoms with Crippen LogP contribution in [0.2, 0.25) is 0 Å². The van der Waals surface area contributed by atoms with E-state index in [0.717, 1.165) is 16.7 Å². The zero-order chi connectivity index (χ0) is 20.7. The van der Waals surface area contributed by atoms with Gasteiger partial charge >= 0.3 is 0 Å². The zero-order valence-corrected chi connectivity index (χ0v) is 20.0. The molecule has 0 saturated carbocycles. The fraction of sp³-hybridized carbons (Fsp3) is 0. The van der Waals surface area contributed by atoms with Gasteiger partial charge in [0.15, 0.2) is 0 Å². The van der Waals surface area contributed by atoms with Gasteiger partial charge in [0.05, 0.1) is 0 Å². The molecule has 0 aromatic heterocycles. The average Bonchev–Trinajstić information content (AvgIpc) is 2.75. The first-order valence-corrected chi connectivity index (χ1v) is 16.0. The Balaban J connectivity index is 1.88. The molecule has 3 aromatic carbocycles. The van der Waals surface area contributed by atoms with Gasteiger partial charge in [0.25, 0.3) is 0 Å². The summed E-state index contributed by atoms with van der Waals surface area (Å²) < 4.78 is -1.95. The smallest absolute Gasteiger partial charge is 0.0985 e. The van der Waals surface area contributed by atoms with Gasteiger partial charge in [0.1, 0.15) is 3.64 Å². The highest BCUT2D eigenvalue weighted by Crippen LogP contribution is 2.83. The van der Waals surface area contributed by atoms with E-state index in [1.165, 1.54) is 14.7 Å². The van der Waals surface area contributed by atoms with Crippen LogP contribution in [-0.4, -0.2) is 0 Å². The minimum Gasteiger partial charge on any atom is -0.0985 e. The van der Waals surface area contributed by atoms with Crippen molar-refractivity contribution in [2.45, 2.75) is 14.7 Å². The molecule has 0 amide bonds. The second kappa shape index (κ2) is 10.6. The molecule has 0 bridgehead atoms. The van der Waals surface area contributed by atoms with Gasteiger partial charge in [0.2, 0.25) is 0 Å². The summed E-state index contributed by atoms with van der Waals surface area (Å²) in [6.07, 6.45) is 5.57. The molecule has 0 aliphatic rings. The lowest BCUT2D eigenvalue weighted by Crippen LogP contribution is -1.77. The molecule has 0 radical (unpaired) electrons. The largest absolute Gasteiger partial charge is 0.123 e. The van der Waals surface area contributed by atoms with Crippen LogP contribution in [0.5, 0.6) is 0 Å². The van der Waals surface area contributed by atoms with Crippen LogP contribution < -0.4 is 0 Å². The average molecular weight is 469 g/mol. The molecule has 3 aromatic rings. The molecule has 0 aliphatic carbocycles. The molecule has 146 valence electrons. The van der Waals surface area contributed by atoms with Crippen LogP contribution in [0.3, 0.4) is 0 Å². The van der Waals surface area contributed by atoms with E-state index in [2.05, 4.69) is 92.5 Å². The third-order valence-electron chi connectivity index (χ3n) is 4.00. The van der Waals surface area contributed by atoms with Crippen LogP contribution in [0.1, 0.15) is 16.7 Å².